The summed E-state index contributed by atoms with van der Waals surface area (Å²) in [7, 11) is 52.7. The van der Waals surface area contributed by atoms with Crippen LogP contribution in [0.4, 0.5) is 0 Å². The minimum atomic E-state index is 0.115. The predicted octanol–water partition coefficient (Wildman–Crippen LogP) is -7.50. The minimum Gasteiger partial charge on any atom is -0.112 e. The molecule has 0 saturated carbocycles. The Balaban J connectivity index is 2.93. The van der Waals surface area contributed by atoms with Crippen molar-refractivity contribution in [1.82, 2.24) is 0 Å². The summed E-state index contributed by atoms with van der Waals surface area (Å²) in [5, 5.41) is 0. The van der Waals surface area contributed by atoms with Gasteiger partial charge in [-0.15, -0.1) is 32.8 Å². The van der Waals surface area contributed by atoms with Crippen LogP contribution in [0.1, 0.15) is 0 Å². The molecule has 0 spiro atoms. The summed E-state index contributed by atoms with van der Waals surface area (Å²) >= 11 is 0. The molecule has 0 aromatic heterocycles. The number of hydrogen-bond acceptors (Lipinski definition) is 0. The van der Waals surface area contributed by atoms with Crippen LogP contribution in [-0.2, 0) is 0 Å². The Morgan fingerprint density at radius 3 is 1.29 bits per heavy atom. The van der Waals surface area contributed by atoms with Crippen LogP contribution in [0.3, 0.4) is 0 Å². The molecule has 0 saturated heterocycles. The zero-order valence-corrected chi connectivity index (χ0v) is 11.3. The summed E-state index contributed by atoms with van der Waals surface area (Å²) in [6, 6.07) is 1.51. The average Bonchev–Trinajstić information content (AvgIpc) is 2.46. The molecule has 21 heavy (non-hydrogen) atoms. The van der Waals surface area contributed by atoms with E-state index in [-0.39, 0.29) is 49.2 Å². The maximum absolute atomic E-state index is 5.98. The maximum atomic E-state index is 5.98. The monoisotopic (exact) mass is 244 g/mol. The number of rotatable bonds is 1. The molecule has 0 N–H and O–H groups in total. The summed E-state index contributed by atoms with van der Waals surface area (Å²) in [5.74, 6) is 0. The van der Waals surface area contributed by atoms with Crippen LogP contribution in [-0.4, -0.2) is 70.6 Å². The smallest absolute Gasteiger partial charge is 0.112 e. The van der Waals surface area contributed by atoms with Gasteiger partial charge < -0.3 is 0 Å². The summed E-state index contributed by atoms with van der Waals surface area (Å²) in [4.78, 5) is 0. The first-order chi connectivity index (χ1) is 9.68. The Labute approximate surface area is 137 Å². The van der Waals surface area contributed by atoms with Crippen molar-refractivity contribution in [3.63, 3.8) is 0 Å². The van der Waals surface area contributed by atoms with Gasteiger partial charge in [-0.2, -0.15) is 0 Å². The van der Waals surface area contributed by atoms with Crippen LogP contribution in [0.15, 0.2) is 6.07 Å². The molecule has 2 rings (SSSR count). The summed E-state index contributed by atoms with van der Waals surface area (Å²) in [6.45, 7) is 0. The van der Waals surface area contributed by atoms with Gasteiger partial charge in [0, 0.05) is 0 Å². The first-order valence-corrected chi connectivity index (χ1v) is 5.93. The number of benzene rings is 2. The lowest BCUT2D eigenvalue weighted by Crippen LogP contribution is -2.56. The summed E-state index contributed by atoms with van der Waals surface area (Å²) < 4.78 is 0. The zero-order chi connectivity index (χ0) is 16.1. The molecule has 0 fully saturated rings. The molecule has 0 aliphatic carbocycles. The second kappa shape index (κ2) is 5.67. The van der Waals surface area contributed by atoms with E-state index >= 15 is 0 Å². The third kappa shape index (κ3) is 2.49. The Morgan fingerprint density at radius 2 is 0.810 bits per heavy atom. The highest BCUT2D eigenvalue weighted by Crippen LogP contribution is 2.07. The second-order valence-corrected chi connectivity index (χ2v) is 4.70. The lowest BCUT2D eigenvalue weighted by Gasteiger charge is -2.25. The number of hydrogen-bond donors (Lipinski definition) is 0. The average molecular weight is 242 g/mol. The van der Waals surface area contributed by atoms with Crippen LogP contribution < -0.4 is 49.2 Å². The third-order valence-electron chi connectivity index (χ3n) is 3.45. The molecule has 0 heterocycles. The van der Waals surface area contributed by atoms with Gasteiger partial charge in [-0.25, -0.2) is 0 Å². The van der Waals surface area contributed by atoms with Gasteiger partial charge in [0.05, 0.1) is 0 Å². The van der Waals surface area contributed by atoms with Gasteiger partial charge in [0.15, 0.2) is 0 Å². The normalized spacial score (nSPS) is 10.7. The molecule has 0 atom stereocenters. The lowest BCUT2D eigenvalue weighted by molar-refractivity contribution is 1.85. The van der Waals surface area contributed by atoms with Crippen LogP contribution >= 0.6 is 0 Å². The van der Waals surface area contributed by atoms with Gasteiger partial charge in [-0.3, -0.25) is 0 Å². The Bertz CT molecular complexity index is 722. The molecule has 0 nitrogen and oxygen atoms in total. The van der Waals surface area contributed by atoms with E-state index in [4.69, 9.17) is 70.6 Å². The van der Waals surface area contributed by atoms with Gasteiger partial charge in [0.1, 0.15) is 70.6 Å². The Morgan fingerprint density at radius 1 is 0.429 bits per heavy atom. The Kier molecular flexibility index (Phi) is 4.42. The first-order valence-electron chi connectivity index (χ1n) is 5.93. The van der Waals surface area contributed by atoms with E-state index in [2.05, 4.69) is 0 Å². The van der Waals surface area contributed by atoms with Crippen LogP contribution in [0.2, 0.25) is 0 Å². The second-order valence-electron chi connectivity index (χ2n) is 4.70. The topological polar surface area (TPSA) is 0 Å². The van der Waals surface area contributed by atoms with Gasteiger partial charge in [-0.1, -0.05) is 22.5 Å². The highest BCUT2D eigenvalue weighted by atomic mass is 14.1. The standard InChI is InChI=1S/C12HB9/c13-3-1-2(5(14)9(18)6(3)15)4-7(16)10(19)12(21)11(20)8(4)17/h1H. The van der Waals surface area contributed by atoms with Crippen molar-refractivity contribution < 1.29 is 0 Å². The van der Waals surface area contributed by atoms with E-state index in [1.54, 1.807) is 0 Å². The van der Waals surface area contributed by atoms with Crippen molar-refractivity contribution in [3.05, 3.63) is 6.07 Å². The highest BCUT2D eigenvalue weighted by Gasteiger charge is 2.15. The van der Waals surface area contributed by atoms with Crippen molar-refractivity contribution in [3.8, 4) is 11.1 Å². The van der Waals surface area contributed by atoms with Crippen LogP contribution in [0, 0.1) is 0 Å². The van der Waals surface area contributed by atoms with E-state index in [1.807, 2.05) is 0 Å². The van der Waals surface area contributed by atoms with E-state index in [0.29, 0.717) is 11.1 Å². The van der Waals surface area contributed by atoms with E-state index in [0.717, 1.165) is 0 Å². The lowest BCUT2D eigenvalue weighted by atomic mass is 9.57. The largest absolute Gasteiger partial charge is 0.113 e. The fourth-order valence-electron chi connectivity index (χ4n) is 2.10. The van der Waals surface area contributed by atoms with Crippen molar-refractivity contribution in [2.75, 3.05) is 0 Å². The fraction of sp³-hybridized carbons (Fsp3) is 0. The third-order valence-corrected chi connectivity index (χ3v) is 3.45. The van der Waals surface area contributed by atoms with E-state index in [1.165, 1.54) is 6.07 Å². The molecule has 76 valence electrons. The molecule has 0 aliphatic rings. The zero-order valence-electron chi connectivity index (χ0n) is 11.3. The molecular weight excluding hydrogens is 241 g/mol. The van der Waals surface area contributed by atoms with Crippen LogP contribution in [0.25, 0.3) is 11.1 Å². The predicted molar refractivity (Wildman–Crippen MR) is 100 cm³/mol. The van der Waals surface area contributed by atoms with Crippen molar-refractivity contribution >= 4 is 120 Å². The summed E-state index contributed by atoms with van der Waals surface area (Å²) in [6.07, 6.45) is 0. The molecule has 2 aromatic rings. The molecule has 2 aromatic carbocycles. The van der Waals surface area contributed by atoms with Gasteiger partial charge in [0.25, 0.3) is 0 Å². The van der Waals surface area contributed by atoms with Gasteiger partial charge >= 0.3 is 0 Å². The highest BCUT2D eigenvalue weighted by molar-refractivity contribution is 6.70. The first kappa shape index (κ1) is 16.4. The maximum Gasteiger partial charge on any atom is 0.113 e. The molecule has 0 aliphatic heterocycles. The minimum absolute atomic E-state index is 0.115. The van der Waals surface area contributed by atoms with Gasteiger partial charge in [-0.05, 0) is 11.1 Å². The molecule has 9 heteroatoms. The van der Waals surface area contributed by atoms with Crippen LogP contribution in [0.5, 0.6) is 0 Å². The van der Waals surface area contributed by atoms with Gasteiger partial charge in [0.2, 0.25) is 0 Å². The fourth-order valence-corrected chi connectivity index (χ4v) is 2.10. The molecular formula is C12HB9. The van der Waals surface area contributed by atoms with Crippen molar-refractivity contribution in [1.29, 1.82) is 0 Å². The Hall–Kier alpha value is -0.976. The molecule has 0 unspecified atom stereocenters. The molecule has 0 amide bonds. The SMILES string of the molecule is [B]c1cc(-c2c([B])c([B])c([B])c([B])c2[B])c([B])c([B])c1[B]. The quantitative estimate of drug-likeness (QED) is 0.436. The summed E-state index contributed by atoms with van der Waals surface area (Å²) in [5.41, 5.74) is 2.11. The van der Waals surface area contributed by atoms with E-state index in [9.17, 15) is 0 Å². The van der Waals surface area contributed by atoms with Crippen molar-refractivity contribution in [2.45, 2.75) is 0 Å². The van der Waals surface area contributed by atoms with Crippen molar-refractivity contribution in [2.24, 2.45) is 0 Å². The molecule has 0 bridgehead atoms. The van der Waals surface area contributed by atoms with E-state index < -0.39 is 0 Å². The molecule has 18 radical (unpaired) electrons.